The Morgan fingerprint density at radius 2 is 1.88 bits per heavy atom. The fraction of sp³-hybridized carbons (Fsp3) is 0.923. The van der Waals surface area contributed by atoms with Gasteiger partial charge in [0.15, 0.2) is 0 Å². The van der Waals surface area contributed by atoms with Crippen LogP contribution in [0.4, 0.5) is 0 Å². The summed E-state index contributed by atoms with van der Waals surface area (Å²) in [7, 11) is 0. The van der Waals surface area contributed by atoms with Gasteiger partial charge in [0, 0.05) is 13.0 Å². The van der Waals surface area contributed by atoms with Gasteiger partial charge in [-0.15, -0.1) is 0 Å². The summed E-state index contributed by atoms with van der Waals surface area (Å²) in [6, 6.07) is 0. The molecule has 0 aromatic carbocycles. The molecule has 0 aliphatic heterocycles. The van der Waals surface area contributed by atoms with Crippen LogP contribution in [0.3, 0.4) is 0 Å². The lowest BCUT2D eigenvalue weighted by molar-refractivity contribution is -0.122. The number of amides is 1. The largest absolute Gasteiger partial charge is 0.356 e. The molecule has 16 heavy (non-hydrogen) atoms. The fourth-order valence-corrected chi connectivity index (χ4v) is 1.27. The molecule has 0 heterocycles. The molecule has 3 heteroatoms. The minimum Gasteiger partial charge on any atom is -0.356 e. The molecule has 96 valence electrons. The Morgan fingerprint density at radius 3 is 2.38 bits per heavy atom. The van der Waals surface area contributed by atoms with E-state index in [1.807, 2.05) is 0 Å². The minimum absolute atomic E-state index is 0.180. The normalized spacial score (nSPS) is 13.6. The van der Waals surface area contributed by atoms with Crippen molar-refractivity contribution < 1.29 is 4.79 Å². The molecule has 1 unspecified atom stereocenters. The number of rotatable bonds is 7. The number of hydrogen-bond donors (Lipinski definition) is 2. The molecule has 0 fully saturated rings. The molecule has 1 amide bonds. The van der Waals surface area contributed by atoms with E-state index in [1.54, 1.807) is 0 Å². The van der Waals surface area contributed by atoms with Gasteiger partial charge in [0.1, 0.15) is 0 Å². The number of carbonyl (C=O) groups excluding carboxylic acids is 1. The van der Waals surface area contributed by atoms with Gasteiger partial charge in [-0.25, -0.2) is 0 Å². The van der Waals surface area contributed by atoms with Crippen molar-refractivity contribution in [3.63, 3.8) is 0 Å². The van der Waals surface area contributed by atoms with Crippen LogP contribution in [-0.4, -0.2) is 25.5 Å². The third-order valence-corrected chi connectivity index (χ3v) is 3.07. The van der Waals surface area contributed by atoms with Crippen LogP contribution in [0.15, 0.2) is 0 Å². The highest BCUT2D eigenvalue weighted by Gasteiger charge is 2.22. The Morgan fingerprint density at radius 1 is 1.25 bits per heavy atom. The highest BCUT2D eigenvalue weighted by atomic mass is 16.1. The second-order valence-electron chi connectivity index (χ2n) is 5.53. The first kappa shape index (κ1) is 15.4. The smallest absolute Gasteiger partial charge is 0.220 e. The van der Waals surface area contributed by atoms with Gasteiger partial charge in [-0.05, 0) is 30.8 Å². The van der Waals surface area contributed by atoms with E-state index >= 15 is 0 Å². The van der Waals surface area contributed by atoms with Gasteiger partial charge in [0.25, 0.3) is 0 Å². The van der Waals surface area contributed by atoms with Gasteiger partial charge in [0.05, 0.1) is 0 Å². The maximum absolute atomic E-state index is 11.6. The molecular formula is C13H28N2O. The Bertz CT molecular complexity index is 197. The molecular weight excluding hydrogens is 200 g/mol. The molecule has 3 nitrogen and oxygen atoms in total. The molecule has 0 saturated carbocycles. The van der Waals surface area contributed by atoms with Crippen LogP contribution in [0.1, 0.15) is 47.5 Å². The molecule has 0 saturated heterocycles. The molecule has 0 radical (unpaired) electrons. The van der Waals surface area contributed by atoms with Crippen LogP contribution in [0.5, 0.6) is 0 Å². The van der Waals surface area contributed by atoms with Crippen LogP contribution in [0.25, 0.3) is 0 Å². The average Bonchev–Trinajstić information content (AvgIpc) is 2.16. The van der Waals surface area contributed by atoms with Crippen LogP contribution < -0.4 is 10.6 Å². The molecule has 2 N–H and O–H groups in total. The molecule has 0 aromatic heterocycles. The predicted octanol–water partition coefficient (Wildman–Crippen LogP) is 2.17. The first-order valence-corrected chi connectivity index (χ1v) is 6.35. The average molecular weight is 228 g/mol. The van der Waals surface area contributed by atoms with E-state index in [2.05, 4.69) is 45.3 Å². The zero-order chi connectivity index (χ0) is 12.6. The van der Waals surface area contributed by atoms with E-state index in [1.165, 1.54) is 0 Å². The fourth-order valence-electron chi connectivity index (χ4n) is 1.27. The topological polar surface area (TPSA) is 41.1 Å². The number of nitrogens with one attached hydrogen (secondary N) is 2. The van der Waals surface area contributed by atoms with E-state index in [0.29, 0.717) is 12.3 Å². The van der Waals surface area contributed by atoms with Crippen molar-refractivity contribution in [1.82, 2.24) is 10.6 Å². The molecule has 0 spiro atoms. The van der Waals surface area contributed by atoms with Crippen LogP contribution >= 0.6 is 0 Å². The maximum Gasteiger partial charge on any atom is 0.220 e. The van der Waals surface area contributed by atoms with Gasteiger partial charge in [0.2, 0.25) is 5.91 Å². The van der Waals surface area contributed by atoms with E-state index in [9.17, 15) is 4.79 Å². The van der Waals surface area contributed by atoms with E-state index < -0.39 is 0 Å². The minimum atomic E-state index is 0.180. The summed E-state index contributed by atoms with van der Waals surface area (Å²) in [4.78, 5) is 11.6. The summed E-state index contributed by atoms with van der Waals surface area (Å²) in [5.41, 5.74) is 0.209. The van der Waals surface area contributed by atoms with Crippen molar-refractivity contribution in [2.75, 3.05) is 19.6 Å². The summed E-state index contributed by atoms with van der Waals surface area (Å²) in [6.07, 6.45) is 1.63. The second kappa shape index (κ2) is 7.66. The van der Waals surface area contributed by atoms with Gasteiger partial charge < -0.3 is 10.6 Å². The molecule has 1 atom stereocenters. The predicted molar refractivity (Wildman–Crippen MR) is 69.4 cm³/mol. The zero-order valence-corrected chi connectivity index (χ0v) is 11.5. The van der Waals surface area contributed by atoms with Crippen molar-refractivity contribution >= 4 is 5.91 Å². The van der Waals surface area contributed by atoms with Crippen LogP contribution in [-0.2, 0) is 4.79 Å². The highest BCUT2D eigenvalue weighted by molar-refractivity contribution is 5.76. The monoisotopic (exact) mass is 228 g/mol. The summed E-state index contributed by atoms with van der Waals surface area (Å²) < 4.78 is 0. The van der Waals surface area contributed by atoms with Gasteiger partial charge >= 0.3 is 0 Å². The molecule has 0 aliphatic rings. The third-order valence-electron chi connectivity index (χ3n) is 3.07. The van der Waals surface area contributed by atoms with E-state index in [-0.39, 0.29) is 11.3 Å². The van der Waals surface area contributed by atoms with Gasteiger partial charge in [-0.1, -0.05) is 34.6 Å². The first-order valence-electron chi connectivity index (χ1n) is 6.35. The molecule has 0 aromatic rings. The SMILES string of the molecule is CCNCCCNC(=O)CC(C)C(C)(C)C. The Kier molecular flexibility index (Phi) is 7.39. The van der Waals surface area contributed by atoms with Crippen molar-refractivity contribution in [3.8, 4) is 0 Å². The van der Waals surface area contributed by atoms with E-state index in [4.69, 9.17) is 0 Å². The lowest BCUT2D eigenvalue weighted by atomic mass is 9.80. The first-order chi connectivity index (χ1) is 7.38. The molecule has 0 bridgehead atoms. The molecule has 0 aliphatic carbocycles. The quantitative estimate of drug-likeness (QED) is 0.656. The maximum atomic E-state index is 11.6. The summed E-state index contributed by atoms with van der Waals surface area (Å²) in [5, 5.41) is 6.20. The van der Waals surface area contributed by atoms with E-state index in [0.717, 1.165) is 26.1 Å². The second-order valence-corrected chi connectivity index (χ2v) is 5.53. The van der Waals surface area contributed by atoms with Crippen LogP contribution in [0.2, 0.25) is 0 Å². The lowest BCUT2D eigenvalue weighted by Crippen LogP contribution is -2.31. The Balaban J connectivity index is 3.59. The summed E-state index contributed by atoms with van der Waals surface area (Å²) >= 11 is 0. The lowest BCUT2D eigenvalue weighted by Gasteiger charge is -2.26. The Labute approximate surface area is 100 Å². The third kappa shape index (κ3) is 7.69. The van der Waals surface area contributed by atoms with Crippen molar-refractivity contribution in [2.45, 2.75) is 47.5 Å². The Hall–Kier alpha value is -0.570. The van der Waals surface area contributed by atoms with Crippen molar-refractivity contribution in [2.24, 2.45) is 11.3 Å². The van der Waals surface area contributed by atoms with Crippen LogP contribution in [0, 0.1) is 11.3 Å². The number of hydrogen-bond acceptors (Lipinski definition) is 2. The standard InChI is InChI=1S/C13H28N2O/c1-6-14-8-7-9-15-12(16)10-11(2)13(3,4)5/h11,14H,6-10H2,1-5H3,(H,15,16). The van der Waals surface area contributed by atoms with Crippen molar-refractivity contribution in [3.05, 3.63) is 0 Å². The van der Waals surface area contributed by atoms with Gasteiger partial charge in [-0.2, -0.15) is 0 Å². The number of carbonyl (C=O) groups is 1. The summed E-state index contributed by atoms with van der Waals surface area (Å²) in [6.45, 7) is 13.5. The summed E-state index contributed by atoms with van der Waals surface area (Å²) in [5.74, 6) is 0.597. The zero-order valence-electron chi connectivity index (χ0n) is 11.5. The van der Waals surface area contributed by atoms with Gasteiger partial charge in [-0.3, -0.25) is 4.79 Å². The van der Waals surface area contributed by atoms with Crippen molar-refractivity contribution in [1.29, 1.82) is 0 Å². The highest BCUT2D eigenvalue weighted by Crippen LogP contribution is 2.27. The molecule has 0 rings (SSSR count).